The molecule has 126 valence electrons. The Morgan fingerprint density at radius 2 is 2.04 bits per heavy atom. The number of hydrazone groups is 1. The molecule has 7 heteroatoms. The second-order valence-corrected chi connectivity index (χ2v) is 5.86. The SMILES string of the molecule is CC(OC(=O)C1=NNC(=O)CC1)C(=O)N1CCCc2ccccc21. The molecule has 0 bridgehead atoms. The lowest BCUT2D eigenvalue weighted by atomic mass is 10.0. The number of fused-ring (bicyclic) bond motifs is 1. The van der Waals surface area contributed by atoms with E-state index in [0.29, 0.717) is 6.54 Å². The van der Waals surface area contributed by atoms with Gasteiger partial charge in [0.05, 0.1) is 0 Å². The van der Waals surface area contributed by atoms with Gasteiger partial charge in [-0.1, -0.05) is 18.2 Å². The molecule has 0 spiro atoms. The summed E-state index contributed by atoms with van der Waals surface area (Å²) in [6, 6.07) is 7.75. The number of para-hydroxylation sites is 1. The molecule has 1 N–H and O–H groups in total. The van der Waals surface area contributed by atoms with Gasteiger partial charge in [0.15, 0.2) is 6.10 Å². The zero-order valence-corrected chi connectivity index (χ0v) is 13.4. The third kappa shape index (κ3) is 3.29. The summed E-state index contributed by atoms with van der Waals surface area (Å²) in [5.74, 6) is -1.15. The van der Waals surface area contributed by atoms with Crippen LogP contribution in [-0.4, -0.2) is 36.1 Å². The molecule has 2 heterocycles. The van der Waals surface area contributed by atoms with Crippen molar-refractivity contribution in [1.29, 1.82) is 0 Å². The van der Waals surface area contributed by atoms with Crippen molar-refractivity contribution in [3.8, 4) is 0 Å². The number of aryl methyl sites for hydroxylation is 1. The predicted molar refractivity (Wildman–Crippen MR) is 87.5 cm³/mol. The van der Waals surface area contributed by atoms with Crippen LogP contribution in [0.15, 0.2) is 29.4 Å². The van der Waals surface area contributed by atoms with Gasteiger partial charge >= 0.3 is 5.97 Å². The van der Waals surface area contributed by atoms with Crippen molar-refractivity contribution in [2.45, 2.75) is 38.7 Å². The number of anilines is 1. The maximum atomic E-state index is 12.7. The first kappa shape index (κ1) is 16.2. The fourth-order valence-electron chi connectivity index (χ4n) is 2.88. The summed E-state index contributed by atoms with van der Waals surface area (Å²) in [5, 5.41) is 3.69. The van der Waals surface area contributed by atoms with E-state index in [0.717, 1.165) is 24.1 Å². The number of ether oxygens (including phenoxy) is 1. The summed E-state index contributed by atoms with van der Waals surface area (Å²) in [4.78, 5) is 37.5. The minimum Gasteiger partial charge on any atom is -0.448 e. The van der Waals surface area contributed by atoms with Crippen LogP contribution in [0.1, 0.15) is 31.7 Å². The topological polar surface area (TPSA) is 88.1 Å². The molecule has 0 aliphatic carbocycles. The lowest BCUT2D eigenvalue weighted by molar-refractivity contribution is -0.147. The van der Waals surface area contributed by atoms with Gasteiger partial charge in [-0.05, 0) is 31.4 Å². The van der Waals surface area contributed by atoms with Crippen molar-refractivity contribution in [2.24, 2.45) is 5.10 Å². The second-order valence-electron chi connectivity index (χ2n) is 5.86. The average Bonchev–Trinajstić information content (AvgIpc) is 2.61. The summed E-state index contributed by atoms with van der Waals surface area (Å²) in [6.45, 7) is 2.16. The highest BCUT2D eigenvalue weighted by molar-refractivity contribution is 6.37. The number of amides is 2. The van der Waals surface area contributed by atoms with Crippen molar-refractivity contribution in [2.75, 3.05) is 11.4 Å². The number of nitrogens with zero attached hydrogens (tertiary/aromatic N) is 2. The van der Waals surface area contributed by atoms with Gasteiger partial charge in [0, 0.05) is 25.1 Å². The predicted octanol–water partition coefficient (Wildman–Crippen LogP) is 1.16. The highest BCUT2D eigenvalue weighted by Crippen LogP contribution is 2.27. The third-order valence-electron chi connectivity index (χ3n) is 4.15. The third-order valence-corrected chi connectivity index (χ3v) is 4.15. The number of nitrogens with one attached hydrogen (secondary N) is 1. The lowest BCUT2D eigenvalue weighted by Gasteiger charge is -2.31. The molecular weight excluding hydrogens is 310 g/mol. The lowest BCUT2D eigenvalue weighted by Crippen LogP contribution is -2.43. The Balaban J connectivity index is 1.67. The molecule has 1 aromatic rings. The first-order valence-electron chi connectivity index (χ1n) is 8.02. The van der Waals surface area contributed by atoms with Gasteiger partial charge in [0.1, 0.15) is 5.71 Å². The van der Waals surface area contributed by atoms with Crippen LogP contribution < -0.4 is 10.3 Å². The Kier molecular flexibility index (Phi) is 4.59. The number of carbonyl (C=O) groups excluding carboxylic acids is 3. The Morgan fingerprint density at radius 3 is 2.79 bits per heavy atom. The van der Waals surface area contributed by atoms with E-state index in [1.165, 1.54) is 0 Å². The number of esters is 1. The zero-order valence-electron chi connectivity index (χ0n) is 13.4. The first-order chi connectivity index (χ1) is 11.6. The zero-order chi connectivity index (χ0) is 17.1. The van der Waals surface area contributed by atoms with E-state index in [1.54, 1.807) is 11.8 Å². The van der Waals surface area contributed by atoms with Crippen LogP contribution in [0.5, 0.6) is 0 Å². The molecule has 24 heavy (non-hydrogen) atoms. The molecule has 1 atom stereocenters. The van der Waals surface area contributed by atoms with E-state index in [9.17, 15) is 14.4 Å². The van der Waals surface area contributed by atoms with Gasteiger partial charge in [-0.3, -0.25) is 9.59 Å². The van der Waals surface area contributed by atoms with Gasteiger partial charge in [-0.25, -0.2) is 10.2 Å². The number of benzene rings is 1. The first-order valence-corrected chi connectivity index (χ1v) is 8.02. The molecule has 1 aromatic carbocycles. The van der Waals surface area contributed by atoms with E-state index in [-0.39, 0.29) is 30.4 Å². The van der Waals surface area contributed by atoms with Gasteiger partial charge in [0.2, 0.25) is 5.91 Å². The molecule has 7 nitrogen and oxygen atoms in total. The highest BCUT2D eigenvalue weighted by atomic mass is 16.5. The quantitative estimate of drug-likeness (QED) is 0.843. The summed E-state index contributed by atoms with van der Waals surface area (Å²) in [6.07, 6.45) is 1.31. The minimum atomic E-state index is -0.913. The van der Waals surface area contributed by atoms with E-state index in [1.807, 2.05) is 24.3 Å². The van der Waals surface area contributed by atoms with E-state index in [4.69, 9.17) is 4.74 Å². The second kappa shape index (κ2) is 6.82. The maximum absolute atomic E-state index is 12.7. The van der Waals surface area contributed by atoms with Crippen molar-refractivity contribution in [1.82, 2.24) is 5.43 Å². The van der Waals surface area contributed by atoms with E-state index in [2.05, 4.69) is 10.5 Å². The Morgan fingerprint density at radius 1 is 1.25 bits per heavy atom. The van der Waals surface area contributed by atoms with E-state index >= 15 is 0 Å². The molecule has 1 unspecified atom stereocenters. The van der Waals surface area contributed by atoms with Crippen LogP contribution in [0.25, 0.3) is 0 Å². The average molecular weight is 329 g/mol. The van der Waals surface area contributed by atoms with Gasteiger partial charge in [-0.15, -0.1) is 0 Å². The molecule has 0 radical (unpaired) electrons. The fourth-order valence-corrected chi connectivity index (χ4v) is 2.88. The summed E-state index contributed by atoms with van der Waals surface area (Å²) in [7, 11) is 0. The van der Waals surface area contributed by atoms with Crippen molar-refractivity contribution >= 4 is 29.2 Å². The summed E-state index contributed by atoms with van der Waals surface area (Å²) < 4.78 is 5.24. The molecule has 2 aliphatic heterocycles. The minimum absolute atomic E-state index is 0.133. The van der Waals surface area contributed by atoms with Crippen LogP contribution >= 0.6 is 0 Å². The summed E-state index contributed by atoms with van der Waals surface area (Å²) >= 11 is 0. The van der Waals surface area contributed by atoms with Crippen molar-refractivity contribution < 1.29 is 19.1 Å². The molecule has 0 saturated carbocycles. The molecule has 2 aliphatic rings. The Bertz CT molecular complexity index is 714. The van der Waals surface area contributed by atoms with Gasteiger partial charge < -0.3 is 9.64 Å². The van der Waals surface area contributed by atoms with E-state index < -0.39 is 12.1 Å². The number of hydrogen-bond acceptors (Lipinski definition) is 5. The number of carbonyl (C=O) groups is 3. The standard InChI is InChI=1S/C17H19N3O4/c1-11(24-17(23)13-8-9-15(21)19-18-13)16(22)20-10-4-6-12-5-2-3-7-14(12)20/h2-3,5,7,11H,4,6,8-10H2,1H3,(H,19,21). The van der Waals surface area contributed by atoms with Crippen LogP contribution in [0.2, 0.25) is 0 Å². The van der Waals surface area contributed by atoms with Crippen molar-refractivity contribution in [3.63, 3.8) is 0 Å². The van der Waals surface area contributed by atoms with Crippen LogP contribution in [0, 0.1) is 0 Å². The normalized spacial score (nSPS) is 18.1. The van der Waals surface area contributed by atoms with Crippen LogP contribution in [0.3, 0.4) is 0 Å². The smallest absolute Gasteiger partial charge is 0.355 e. The molecule has 0 aromatic heterocycles. The largest absolute Gasteiger partial charge is 0.448 e. The monoisotopic (exact) mass is 329 g/mol. The number of hydrogen-bond donors (Lipinski definition) is 1. The van der Waals surface area contributed by atoms with Crippen LogP contribution in [-0.2, 0) is 25.5 Å². The summed E-state index contributed by atoms with van der Waals surface area (Å²) in [5.41, 5.74) is 4.37. The molecule has 2 amide bonds. The van der Waals surface area contributed by atoms with Gasteiger partial charge in [0.25, 0.3) is 5.91 Å². The highest BCUT2D eigenvalue weighted by Gasteiger charge is 2.30. The van der Waals surface area contributed by atoms with Crippen molar-refractivity contribution in [3.05, 3.63) is 29.8 Å². The molecular formula is C17H19N3O4. The number of rotatable bonds is 3. The van der Waals surface area contributed by atoms with Gasteiger partial charge in [-0.2, -0.15) is 5.10 Å². The maximum Gasteiger partial charge on any atom is 0.355 e. The molecule has 0 saturated heterocycles. The molecule has 3 rings (SSSR count). The fraction of sp³-hybridized carbons (Fsp3) is 0.412. The van der Waals surface area contributed by atoms with Crippen LogP contribution in [0.4, 0.5) is 5.69 Å². The Labute approximate surface area is 139 Å². The Hall–Kier alpha value is -2.70. The molecule has 0 fully saturated rings.